The molecule has 2 rings (SSSR count). The summed E-state index contributed by atoms with van der Waals surface area (Å²) in [6.07, 6.45) is 0. The topological polar surface area (TPSA) is 12.0 Å². The molecule has 0 radical (unpaired) electrons. The lowest BCUT2D eigenvalue weighted by molar-refractivity contribution is 0.704. The Morgan fingerprint density at radius 1 is 1.19 bits per heavy atom. The van der Waals surface area contributed by atoms with Crippen LogP contribution >= 0.6 is 34.5 Å². The number of thiophene rings is 1. The maximum atomic E-state index is 6.02. The van der Waals surface area contributed by atoms with E-state index < -0.39 is 0 Å². The van der Waals surface area contributed by atoms with Crippen molar-refractivity contribution >= 4 is 34.5 Å². The quantitative estimate of drug-likeness (QED) is 0.875. The number of nitrogens with one attached hydrogen (secondary N) is 1. The van der Waals surface area contributed by atoms with Gasteiger partial charge in [0.05, 0.1) is 16.1 Å². The zero-order valence-corrected chi connectivity index (χ0v) is 11.0. The maximum Gasteiger partial charge on any atom is 0.0669 e. The van der Waals surface area contributed by atoms with Crippen LogP contribution < -0.4 is 5.32 Å². The molecule has 1 aromatic carbocycles. The summed E-state index contributed by atoms with van der Waals surface area (Å²) in [5.74, 6) is 0. The van der Waals surface area contributed by atoms with Crippen molar-refractivity contribution < 1.29 is 0 Å². The van der Waals surface area contributed by atoms with E-state index in [0.29, 0.717) is 10.0 Å². The number of rotatable bonds is 3. The molecule has 1 unspecified atom stereocenters. The van der Waals surface area contributed by atoms with Gasteiger partial charge >= 0.3 is 0 Å². The molecule has 0 saturated carbocycles. The standard InChI is InChI=1S/C12H11Cl2NS/c1-15-12(11-3-2-6-16-11)8-4-5-9(13)10(14)7-8/h2-7,12,15H,1H3. The van der Waals surface area contributed by atoms with Crippen LogP contribution in [0.4, 0.5) is 0 Å². The van der Waals surface area contributed by atoms with Gasteiger partial charge in [-0.05, 0) is 36.2 Å². The van der Waals surface area contributed by atoms with Gasteiger partial charge in [-0.25, -0.2) is 0 Å². The van der Waals surface area contributed by atoms with E-state index >= 15 is 0 Å². The molecule has 1 atom stereocenters. The van der Waals surface area contributed by atoms with Crippen molar-refractivity contribution in [2.75, 3.05) is 7.05 Å². The van der Waals surface area contributed by atoms with Crippen LogP contribution in [0.25, 0.3) is 0 Å². The van der Waals surface area contributed by atoms with Crippen molar-refractivity contribution in [2.45, 2.75) is 6.04 Å². The van der Waals surface area contributed by atoms with E-state index in [4.69, 9.17) is 23.2 Å². The van der Waals surface area contributed by atoms with Crippen LogP contribution in [0, 0.1) is 0 Å². The van der Waals surface area contributed by atoms with Crippen LogP contribution in [-0.4, -0.2) is 7.05 Å². The summed E-state index contributed by atoms with van der Waals surface area (Å²) in [4.78, 5) is 1.26. The molecule has 0 aliphatic carbocycles. The van der Waals surface area contributed by atoms with E-state index in [1.54, 1.807) is 11.3 Å². The van der Waals surface area contributed by atoms with E-state index in [1.165, 1.54) is 4.88 Å². The molecule has 2 aromatic rings. The first-order valence-corrected chi connectivity index (χ1v) is 6.51. The second kappa shape index (κ2) is 5.19. The molecule has 4 heteroatoms. The highest BCUT2D eigenvalue weighted by Crippen LogP contribution is 2.30. The molecule has 0 fully saturated rings. The average molecular weight is 272 g/mol. The summed E-state index contributed by atoms with van der Waals surface area (Å²) in [6, 6.07) is 10.1. The molecule has 0 spiro atoms. The van der Waals surface area contributed by atoms with Gasteiger partial charge in [0.2, 0.25) is 0 Å². The molecule has 1 nitrogen and oxygen atoms in total. The first kappa shape index (κ1) is 11.9. The summed E-state index contributed by atoms with van der Waals surface area (Å²) in [6.45, 7) is 0. The van der Waals surface area contributed by atoms with Gasteiger partial charge in [-0.2, -0.15) is 0 Å². The molecular formula is C12H11Cl2NS. The molecule has 0 bridgehead atoms. The number of benzene rings is 1. The first-order valence-electron chi connectivity index (χ1n) is 4.88. The van der Waals surface area contributed by atoms with Crippen LogP contribution in [0.1, 0.15) is 16.5 Å². The molecular weight excluding hydrogens is 261 g/mol. The van der Waals surface area contributed by atoms with Crippen LogP contribution in [0.5, 0.6) is 0 Å². The fourth-order valence-corrected chi connectivity index (χ4v) is 2.79. The van der Waals surface area contributed by atoms with Gasteiger partial charge in [-0.1, -0.05) is 35.3 Å². The molecule has 1 heterocycles. The highest BCUT2D eigenvalue weighted by molar-refractivity contribution is 7.10. The molecule has 1 N–H and O–H groups in total. The number of hydrogen-bond acceptors (Lipinski definition) is 2. The van der Waals surface area contributed by atoms with Crippen molar-refractivity contribution in [1.29, 1.82) is 0 Å². The maximum absolute atomic E-state index is 6.02. The SMILES string of the molecule is CNC(c1ccc(Cl)c(Cl)c1)c1cccs1. The second-order valence-corrected chi connectivity index (χ2v) is 5.20. The van der Waals surface area contributed by atoms with E-state index in [1.807, 2.05) is 31.3 Å². The van der Waals surface area contributed by atoms with E-state index in [0.717, 1.165) is 5.56 Å². The Kier molecular flexibility index (Phi) is 3.87. The zero-order chi connectivity index (χ0) is 11.5. The number of hydrogen-bond donors (Lipinski definition) is 1. The second-order valence-electron chi connectivity index (χ2n) is 3.41. The molecule has 0 saturated heterocycles. The van der Waals surface area contributed by atoms with Crippen LogP contribution in [0.15, 0.2) is 35.7 Å². The lowest BCUT2D eigenvalue weighted by atomic mass is 10.1. The van der Waals surface area contributed by atoms with Crippen molar-refractivity contribution in [1.82, 2.24) is 5.32 Å². The Morgan fingerprint density at radius 2 is 2.00 bits per heavy atom. The summed E-state index contributed by atoms with van der Waals surface area (Å²) in [7, 11) is 1.94. The predicted octanol–water partition coefficient (Wildman–Crippen LogP) is 4.36. The van der Waals surface area contributed by atoms with E-state index in [9.17, 15) is 0 Å². The number of halogens is 2. The first-order chi connectivity index (χ1) is 7.72. The highest BCUT2D eigenvalue weighted by Gasteiger charge is 2.13. The van der Waals surface area contributed by atoms with Crippen LogP contribution in [0.2, 0.25) is 10.0 Å². The fraction of sp³-hybridized carbons (Fsp3) is 0.167. The van der Waals surface area contributed by atoms with Crippen LogP contribution in [0.3, 0.4) is 0 Å². The molecule has 1 aromatic heterocycles. The van der Waals surface area contributed by atoms with Crippen molar-refractivity contribution in [3.8, 4) is 0 Å². The van der Waals surface area contributed by atoms with Crippen molar-refractivity contribution in [2.24, 2.45) is 0 Å². The van der Waals surface area contributed by atoms with Gasteiger partial charge in [0.1, 0.15) is 0 Å². The van der Waals surface area contributed by atoms with Gasteiger partial charge in [0, 0.05) is 4.88 Å². The Morgan fingerprint density at radius 3 is 2.56 bits per heavy atom. The highest BCUT2D eigenvalue weighted by atomic mass is 35.5. The smallest absolute Gasteiger partial charge is 0.0669 e. The lowest BCUT2D eigenvalue weighted by Crippen LogP contribution is -2.16. The largest absolute Gasteiger partial charge is 0.309 e. The normalized spacial score (nSPS) is 12.7. The summed E-state index contributed by atoms with van der Waals surface area (Å²) in [5, 5.41) is 6.53. The van der Waals surface area contributed by atoms with Gasteiger partial charge < -0.3 is 5.32 Å². The Hall–Kier alpha value is -0.540. The minimum atomic E-state index is 0.176. The van der Waals surface area contributed by atoms with Gasteiger partial charge in [0.25, 0.3) is 0 Å². The monoisotopic (exact) mass is 271 g/mol. The Balaban J connectivity index is 2.37. The zero-order valence-electron chi connectivity index (χ0n) is 8.71. The van der Waals surface area contributed by atoms with Gasteiger partial charge in [0.15, 0.2) is 0 Å². The predicted molar refractivity (Wildman–Crippen MR) is 71.7 cm³/mol. The summed E-state index contributed by atoms with van der Waals surface area (Å²) in [5.41, 5.74) is 1.12. The molecule has 0 amide bonds. The minimum absolute atomic E-state index is 0.176. The molecule has 0 aliphatic heterocycles. The van der Waals surface area contributed by atoms with Crippen LogP contribution in [-0.2, 0) is 0 Å². The molecule has 0 aliphatic rings. The van der Waals surface area contributed by atoms with Gasteiger partial charge in [-0.15, -0.1) is 11.3 Å². The average Bonchev–Trinajstić information content (AvgIpc) is 2.78. The van der Waals surface area contributed by atoms with Crippen molar-refractivity contribution in [3.63, 3.8) is 0 Å². The summed E-state index contributed by atoms with van der Waals surface area (Å²) < 4.78 is 0. The third-order valence-electron chi connectivity index (χ3n) is 2.39. The van der Waals surface area contributed by atoms with E-state index in [-0.39, 0.29) is 6.04 Å². The van der Waals surface area contributed by atoms with Crippen molar-refractivity contribution in [3.05, 3.63) is 56.2 Å². The minimum Gasteiger partial charge on any atom is -0.309 e. The third-order valence-corrected chi connectivity index (χ3v) is 4.07. The molecule has 16 heavy (non-hydrogen) atoms. The molecule has 84 valence electrons. The fourth-order valence-electron chi connectivity index (χ4n) is 1.62. The third kappa shape index (κ3) is 2.41. The Bertz CT molecular complexity index is 468. The van der Waals surface area contributed by atoms with Gasteiger partial charge in [-0.3, -0.25) is 0 Å². The lowest BCUT2D eigenvalue weighted by Gasteiger charge is -2.15. The Labute approximate surface area is 109 Å². The van der Waals surface area contributed by atoms with E-state index in [2.05, 4.69) is 16.8 Å². The summed E-state index contributed by atoms with van der Waals surface area (Å²) >= 11 is 13.6.